The van der Waals surface area contributed by atoms with Gasteiger partial charge in [-0.2, -0.15) is 4.31 Å². The summed E-state index contributed by atoms with van der Waals surface area (Å²) in [7, 11) is 1.32. The molecule has 1 aromatic rings. The summed E-state index contributed by atoms with van der Waals surface area (Å²) in [5, 5.41) is 0. The van der Waals surface area contributed by atoms with Gasteiger partial charge in [0.1, 0.15) is 0 Å². The van der Waals surface area contributed by atoms with Crippen LogP contribution in [0, 0.1) is 5.92 Å². The predicted octanol–water partition coefficient (Wildman–Crippen LogP) is 2.24. The Kier molecular flexibility index (Phi) is 6.11. The summed E-state index contributed by atoms with van der Waals surface area (Å²) in [6.07, 6.45) is 0.658. The first-order chi connectivity index (χ1) is 11.4. The van der Waals surface area contributed by atoms with Gasteiger partial charge in [0, 0.05) is 13.7 Å². The summed E-state index contributed by atoms with van der Waals surface area (Å²) >= 11 is 0. The first-order valence-electron chi connectivity index (χ1n) is 8.09. The maximum atomic E-state index is 12.7. The number of methoxy groups -OCH3 is 3. The Morgan fingerprint density at radius 2 is 1.79 bits per heavy atom. The Morgan fingerprint density at radius 1 is 1.17 bits per heavy atom. The van der Waals surface area contributed by atoms with E-state index >= 15 is 0 Å². The van der Waals surface area contributed by atoms with Crippen molar-refractivity contribution in [3.8, 4) is 11.5 Å². The first-order valence-corrected chi connectivity index (χ1v) is 9.69. The average Bonchev–Trinajstić information content (AvgIpc) is 2.57. The van der Waals surface area contributed by atoms with Gasteiger partial charge >= 0.3 is 0 Å². The van der Waals surface area contributed by atoms with Crippen molar-refractivity contribution in [2.24, 2.45) is 5.92 Å². The van der Waals surface area contributed by atoms with Gasteiger partial charge in [-0.1, -0.05) is 13.8 Å². The van der Waals surface area contributed by atoms with Crippen LogP contribution in [0.1, 0.15) is 31.0 Å². The molecule has 1 aliphatic rings. The van der Waals surface area contributed by atoms with E-state index in [1.165, 1.54) is 7.11 Å². The Hall–Kier alpha value is -1.31. The Labute approximate surface area is 144 Å². The molecule has 1 aliphatic heterocycles. The van der Waals surface area contributed by atoms with E-state index in [1.807, 2.05) is 26.0 Å². The number of hydrogen-bond donors (Lipinski definition) is 0. The molecule has 1 heterocycles. The fourth-order valence-corrected chi connectivity index (χ4v) is 4.95. The van der Waals surface area contributed by atoms with E-state index in [1.54, 1.807) is 18.5 Å². The second kappa shape index (κ2) is 7.72. The highest BCUT2D eigenvalue weighted by atomic mass is 32.2. The standard InChI is InChI=1S/C17H27NO5S/c1-12(2)17-14-11-16(23-5)15(22-4)10-13(14)6-7-18(17)24(19,20)9-8-21-3/h10-12,17H,6-9H2,1-5H3. The maximum absolute atomic E-state index is 12.7. The second-order valence-electron chi connectivity index (χ2n) is 6.26. The van der Waals surface area contributed by atoms with Gasteiger partial charge in [0.25, 0.3) is 0 Å². The molecule has 0 saturated heterocycles. The van der Waals surface area contributed by atoms with Gasteiger partial charge < -0.3 is 14.2 Å². The summed E-state index contributed by atoms with van der Waals surface area (Å²) < 4.78 is 42.8. The van der Waals surface area contributed by atoms with Gasteiger partial charge in [-0.3, -0.25) is 0 Å². The number of hydrogen-bond acceptors (Lipinski definition) is 5. The molecule has 1 unspecified atom stereocenters. The minimum Gasteiger partial charge on any atom is -0.493 e. The fraction of sp³-hybridized carbons (Fsp3) is 0.647. The molecule has 0 spiro atoms. The fourth-order valence-electron chi connectivity index (χ4n) is 3.26. The molecule has 0 saturated carbocycles. The van der Waals surface area contributed by atoms with Crippen LogP contribution in [-0.4, -0.2) is 53.0 Å². The predicted molar refractivity (Wildman–Crippen MR) is 93.2 cm³/mol. The molecule has 0 fully saturated rings. The lowest BCUT2D eigenvalue weighted by Crippen LogP contribution is -2.43. The number of benzene rings is 1. The molecule has 0 aliphatic carbocycles. The number of ether oxygens (including phenoxy) is 3. The summed E-state index contributed by atoms with van der Waals surface area (Å²) in [4.78, 5) is 0. The second-order valence-corrected chi connectivity index (χ2v) is 8.31. The number of sulfonamides is 1. The van der Waals surface area contributed by atoms with Crippen molar-refractivity contribution in [1.82, 2.24) is 4.31 Å². The lowest BCUT2D eigenvalue weighted by atomic mass is 9.87. The summed E-state index contributed by atoms with van der Waals surface area (Å²) in [6.45, 7) is 4.74. The van der Waals surface area contributed by atoms with Gasteiger partial charge in [0.05, 0.1) is 32.6 Å². The van der Waals surface area contributed by atoms with Crippen molar-refractivity contribution < 1.29 is 22.6 Å². The van der Waals surface area contributed by atoms with Crippen LogP contribution in [0.15, 0.2) is 12.1 Å². The molecule has 1 aromatic carbocycles. The molecule has 136 valence electrons. The van der Waals surface area contributed by atoms with Crippen LogP contribution in [0.2, 0.25) is 0 Å². The molecular weight excluding hydrogens is 330 g/mol. The average molecular weight is 357 g/mol. The van der Waals surface area contributed by atoms with E-state index in [4.69, 9.17) is 14.2 Å². The van der Waals surface area contributed by atoms with Crippen molar-refractivity contribution in [3.63, 3.8) is 0 Å². The van der Waals surface area contributed by atoms with Gasteiger partial charge in [0.15, 0.2) is 11.5 Å². The lowest BCUT2D eigenvalue weighted by molar-refractivity contribution is 0.209. The maximum Gasteiger partial charge on any atom is 0.216 e. The quantitative estimate of drug-likeness (QED) is 0.749. The van der Waals surface area contributed by atoms with Crippen molar-refractivity contribution in [3.05, 3.63) is 23.3 Å². The van der Waals surface area contributed by atoms with Gasteiger partial charge in [-0.15, -0.1) is 0 Å². The van der Waals surface area contributed by atoms with Crippen molar-refractivity contribution in [2.75, 3.05) is 40.2 Å². The summed E-state index contributed by atoms with van der Waals surface area (Å²) in [5.41, 5.74) is 2.11. The topological polar surface area (TPSA) is 65.1 Å². The molecule has 24 heavy (non-hydrogen) atoms. The van der Waals surface area contributed by atoms with Crippen LogP contribution < -0.4 is 9.47 Å². The minimum atomic E-state index is -3.38. The van der Waals surface area contributed by atoms with Gasteiger partial charge in [-0.05, 0) is 35.6 Å². The van der Waals surface area contributed by atoms with Crippen LogP contribution in [0.25, 0.3) is 0 Å². The normalized spacial score (nSPS) is 18.5. The Morgan fingerprint density at radius 3 is 2.33 bits per heavy atom. The molecule has 0 N–H and O–H groups in total. The molecule has 6 nitrogen and oxygen atoms in total. The van der Waals surface area contributed by atoms with E-state index in [2.05, 4.69) is 0 Å². The van der Waals surface area contributed by atoms with Crippen molar-refractivity contribution in [1.29, 1.82) is 0 Å². The van der Waals surface area contributed by atoms with Gasteiger partial charge in [0.2, 0.25) is 10.0 Å². The van der Waals surface area contributed by atoms with Crippen LogP contribution in [0.3, 0.4) is 0 Å². The third-order valence-electron chi connectivity index (χ3n) is 4.41. The minimum absolute atomic E-state index is 0.00462. The van der Waals surface area contributed by atoms with Crippen molar-refractivity contribution >= 4 is 10.0 Å². The zero-order chi connectivity index (χ0) is 17.9. The molecule has 0 amide bonds. The molecule has 0 bridgehead atoms. The van der Waals surface area contributed by atoms with Crippen molar-refractivity contribution in [2.45, 2.75) is 26.3 Å². The SMILES string of the molecule is COCCS(=O)(=O)N1CCc2cc(OC)c(OC)cc2C1C(C)C. The number of rotatable bonds is 7. The zero-order valence-corrected chi connectivity index (χ0v) is 15.9. The van der Waals surface area contributed by atoms with Gasteiger partial charge in [-0.25, -0.2) is 8.42 Å². The summed E-state index contributed by atoms with van der Waals surface area (Å²) in [5.74, 6) is 1.43. The summed E-state index contributed by atoms with van der Waals surface area (Å²) in [6, 6.07) is 3.66. The van der Waals surface area contributed by atoms with E-state index in [0.29, 0.717) is 24.5 Å². The lowest BCUT2D eigenvalue weighted by Gasteiger charge is -2.39. The van der Waals surface area contributed by atoms with E-state index < -0.39 is 10.0 Å². The van der Waals surface area contributed by atoms with E-state index in [9.17, 15) is 8.42 Å². The smallest absolute Gasteiger partial charge is 0.216 e. The molecule has 1 atom stereocenters. The Balaban J connectivity index is 2.48. The number of nitrogens with zero attached hydrogens (tertiary/aromatic N) is 1. The van der Waals surface area contributed by atoms with Crippen LogP contribution in [-0.2, 0) is 21.2 Å². The molecule has 0 aromatic heterocycles. The zero-order valence-electron chi connectivity index (χ0n) is 15.0. The van der Waals surface area contributed by atoms with Crippen LogP contribution >= 0.6 is 0 Å². The first kappa shape index (κ1) is 19.0. The molecule has 7 heteroatoms. The highest BCUT2D eigenvalue weighted by molar-refractivity contribution is 7.89. The molecule has 2 rings (SSSR count). The Bertz CT molecular complexity index is 672. The van der Waals surface area contributed by atoms with Crippen LogP contribution in [0.5, 0.6) is 11.5 Å². The molecular formula is C17H27NO5S. The highest BCUT2D eigenvalue weighted by Crippen LogP contribution is 2.42. The third-order valence-corrected chi connectivity index (χ3v) is 6.22. The van der Waals surface area contributed by atoms with Crippen LogP contribution in [0.4, 0.5) is 0 Å². The largest absolute Gasteiger partial charge is 0.493 e. The van der Waals surface area contributed by atoms with E-state index in [-0.39, 0.29) is 24.3 Å². The molecule has 0 radical (unpaired) electrons. The van der Waals surface area contributed by atoms with E-state index in [0.717, 1.165) is 11.1 Å². The monoisotopic (exact) mass is 357 g/mol. The third kappa shape index (κ3) is 3.68. The highest BCUT2D eigenvalue weighted by Gasteiger charge is 2.37. The number of fused-ring (bicyclic) bond motifs is 1.